The molecular weight excluding hydrogens is 280 g/mol. The second kappa shape index (κ2) is 5.18. The normalized spacial score (nSPS) is 18.0. The van der Waals surface area contributed by atoms with Crippen molar-refractivity contribution in [1.29, 1.82) is 0 Å². The summed E-state index contributed by atoms with van der Waals surface area (Å²) in [5, 5.41) is 11.3. The van der Waals surface area contributed by atoms with Crippen LogP contribution >= 0.6 is 0 Å². The molecule has 7 nitrogen and oxygen atoms in total. The maximum atomic E-state index is 12.8. The second-order valence-corrected chi connectivity index (χ2v) is 5.31. The van der Waals surface area contributed by atoms with Crippen LogP contribution in [0.25, 0.3) is 5.65 Å². The molecule has 22 heavy (non-hydrogen) atoms. The molecule has 0 aliphatic carbocycles. The van der Waals surface area contributed by atoms with Crippen LogP contribution in [-0.4, -0.2) is 42.4 Å². The minimum atomic E-state index is -0.00125. The number of pyridine rings is 2. The predicted octanol–water partition coefficient (Wildman–Crippen LogP) is 1.50. The number of rotatable bonds is 2. The van der Waals surface area contributed by atoms with Gasteiger partial charge in [0.2, 0.25) is 0 Å². The molecule has 7 heteroatoms. The molecule has 1 amide bonds. The molecule has 0 bridgehead atoms. The van der Waals surface area contributed by atoms with Crippen molar-refractivity contribution >= 4 is 11.6 Å². The van der Waals surface area contributed by atoms with Gasteiger partial charge in [-0.3, -0.25) is 9.78 Å². The first kappa shape index (κ1) is 12.9. The molecule has 0 N–H and O–H groups in total. The third kappa shape index (κ3) is 2.11. The van der Waals surface area contributed by atoms with Gasteiger partial charge >= 0.3 is 0 Å². The van der Waals surface area contributed by atoms with Crippen molar-refractivity contribution in [3.8, 4) is 0 Å². The number of tetrazole rings is 1. The Kier molecular flexibility index (Phi) is 3.03. The van der Waals surface area contributed by atoms with E-state index >= 15 is 0 Å². The van der Waals surface area contributed by atoms with Gasteiger partial charge in [0.15, 0.2) is 5.65 Å². The van der Waals surface area contributed by atoms with Crippen LogP contribution < -0.4 is 0 Å². The average molecular weight is 294 g/mol. The highest BCUT2D eigenvalue weighted by Crippen LogP contribution is 2.31. The Hall–Kier alpha value is -2.83. The van der Waals surface area contributed by atoms with Gasteiger partial charge < -0.3 is 4.90 Å². The topological polar surface area (TPSA) is 76.3 Å². The molecule has 0 saturated carbocycles. The zero-order chi connectivity index (χ0) is 14.9. The number of fused-ring (bicyclic) bond motifs is 1. The van der Waals surface area contributed by atoms with Crippen LogP contribution in [0.15, 0.2) is 42.7 Å². The van der Waals surface area contributed by atoms with Crippen LogP contribution in [0.1, 0.15) is 34.9 Å². The third-order valence-electron chi connectivity index (χ3n) is 3.99. The lowest BCUT2D eigenvalue weighted by Gasteiger charge is -2.24. The van der Waals surface area contributed by atoms with Crippen LogP contribution in [0.2, 0.25) is 0 Å². The Morgan fingerprint density at radius 1 is 1.27 bits per heavy atom. The van der Waals surface area contributed by atoms with E-state index in [1.807, 2.05) is 23.1 Å². The van der Waals surface area contributed by atoms with Crippen molar-refractivity contribution in [2.45, 2.75) is 18.9 Å². The van der Waals surface area contributed by atoms with Gasteiger partial charge in [-0.1, -0.05) is 6.07 Å². The Bertz CT molecular complexity index is 815. The number of aromatic nitrogens is 5. The molecule has 1 atom stereocenters. The summed E-state index contributed by atoms with van der Waals surface area (Å²) in [5.41, 5.74) is 2.11. The first-order valence-corrected chi connectivity index (χ1v) is 7.22. The number of carbonyl (C=O) groups excluding carboxylic acids is 1. The minimum absolute atomic E-state index is 0.00125. The van der Waals surface area contributed by atoms with Crippen molar-refractivity contribution in [2.24, 2.45) is 0 Å². The lowest BCUT2D eigenvalue weighted by atomic mass is 10.1. The van der Waals surface area contributed by atoms with Crippen LogP contribution in [0.4, 0.5) is 0 Å². The maximum Gasteiger partial charge on any atom is 0.254 e. The largest absolute Gasteiger partial charge is 0.330 e. The van der Waals surface area contributed by atoms with Crippen LogP contribution in [0.3, 0.4) is 0 Å². The third-order valence-corrected chi connectivity index (χ3v) is 3.99. The molecule has 0 aromatic carbocycles. The van der Waals surface area contributed by atoms with Gasteiger partial charge in [-0.2, -0.15) is 0 Å². The first-order valence-electron chi connectivity index (χ1n) is 7.22. The molecule has 0 radical (unpaired) electrons. The van der Waals surface area contributed by atoms with Crippen molar-refractivity contribution < 1.29 is 4.79 Å². The summed E-state index contributed by atoms with van der Waals surface area (Å²) in [6.45, 7) is 0.746. The lowest BCUT2D eigenvalue weighted by molar-refractivity contribution is 0.0733. The Labute approximate surface area is 126 Å². The number of likely N-dealkylation sites (tertiary alicyclic amines) is 1. The molecule has 1 saturated heterocycles. The van der Waals surface area contributed by atoms with E-state index in [9.17, 15) is 4.79 Å². The Morgan fingerprint density at radius 3 is 3.09 bits per heavy atom. The molecule has 0 spiro atoms. The van der Waals surface area contributed by atoms with Crippen molar-refractivity contribution in [3.63, 3.8) is 0 Å². The Morgan fingerprint density at radius 2 is 2.23 bits per heavy atom. The fourth-order valence-corrected chi connectivity index (χ4v) is 2.93. The summed E-state index contributed by atoms with van der Waals surface area (Å²) >= 11 is 0. The zero-order valence-corrected chi connectivity index (χ0v) is 11.8. The van der Waals surface area contributed by atoms with E-state index < -0.39 is 0 Å². The number of nitrogens with zero attached hydrogens (tertiary/aromatic N) is 6. The lowest BCUT2D eigenvalue weighted by Crippen LogP contribution is -2.31. The monoisotopic (exact) mass is 294 g/mol. The fourth-order valence-electron chi connectivity index (χ4n) is 2.93. The summed E-state index contributed by atoms with van der Waals surface area (Å²) < 4.78 is 1.54. The summed E-state index contributed by atoms with van der Waals surface area (Å²) in [6.07, 6.45) is 5.40. The summed E-state index contributed by atoms with van der Waals surface area (Å²) in [6, 6.07) is 9.33. The molecule has 1 aliphatic heterocycles. The van der Waals surface area contributed by atoms with Gasteiger partial charge in [0.05, 0.1) is 11.7 Å². The smallest absolute Gasteiger partial charge is 0.254 e. The van der Waals surface area contributed by atoms with E-state index in [1.54, 1.807) is 24.5 Å². The zero-order valence-electron chi connectivity index (χ0n) is 11.8. The van der Waals surface area contributed by atoms with Crippen molar-refractivity contribution in [1.82, 2.24) is 29.9 Å². The van der Waals surface area contributed by atoms with Crippen LogP contribution in [0, 0.1) is 0 Å². The molecule has 3 aromatic heterocycles. The molecule has 1 fully saturated rings. The highest BCUT2D eigenvalue weighted by molar-refractivity contribution is 5.95. The molecule has 3 aromatic rings. The van der Waals surface area contributed by atoms with Crippen molar-refractivity contribution in [2.75, 3.05) is 6.54 Å². The van der Waals surface area contributed by atoms with E-state index in [1.165, 1.54) is 4.52 Å². The van der Waals surface area contributed by atoms with Gasteiger partial charge in [0.25, 0.3) is 5.91 Å². The SMILES string of the molecule is O=C(c1ccn2nnnc2c1)N1CCC[C@@H]1c1ccccn1. The molecule has 0 unspecified atom stereocenters. The highest BCUT2D eigenvalue weighted by atomic mass is 16.2. The second-order valence-electron chi connectivity index (χ2n) is 5.31. The van der Waals surface area contributed by atoms with E-state index in [0.29, 0.717) is 11.2 Å². The van der Waals surface area contributed by atoms with E-state index in [4.69, 9.17) is 0 Å². The highest BCUT2D eigenvalue weighted by Gasteiger charge is 2.31. The van der Waals surface area contributed by atoms with Gasteiger partial charge in [0.1, 0.15) is 0 Å². The van der Waals surface area contributed by atoms with Crippen LogP contribution in [0.5, 0.6) is 0 Å². The van der Waals surface area contributed by atoms with E-state index in [0.717, 1.165) is 25.1 Å². The average Bonchev–Trinajstić information content (AvgIpc) is 3.23. The van der Waals surface area contributed by atoms with Gasteiger partial charge in [-0.15, -0.1) is 5.10 Å². The molecular formula is C15H14N6O. The van der Waals surface area contributed by atoms with Gasteiger partial charge in [-0.25, -0.2) is 4.52 Å². The molecule has 4 heterocycles. The first-order chi connectivity index (χ1) is 10.8. The molecule has 1 aliphatic rings. The maximum absolute atomic E-state index is 12.8. The Balaban J connectivity index is 1.66. The van der Waals surface area contributed by atoms with Crippen LogP contribution in [-0.2, 0) is 0 Å². The van der Waals surface area contributed by atoms with E-state index in [-0.39, 0.29) is 11.9 Å². The van der Waals surface area contributed by atoms with E-state index in [2.05, 4.69) is 20.5 Å². The number of hydrogen-bond donors (Lipinski definition) is 0. The molecule has 110 valence electrons. The van der Waals surface area contributed by atoms with Crippen molar-refractivity contribution in [3.05, 3.63) is 54.0 Å². The number of amides is 1. The standard InChI is InChI=1S/C15H14N6O/c22-15(11-6-9-21-14(10-11)17-18-19-21)20-8-3-5-13(20)12-4-1-2-7-16-12/h1-2,4,6-7,9-10,13H,3,5,8H2/t13-/m1/s1. The number of hydrogen-bond acceptors (Lipinski definition) is 5. The van der Waals surface area contributed by atoms with Gasteiger partial charge in [0, 0.05) is 24.5 Å². The summed E-state index contributed by atoms with van der Waals surface area (Å²) in [7, 11) is 0. The molecule has 4 rings (SSSR count). The minimum Gasteiger partial charge on any atom is -0.330 e. The summed E-state index contributed by atoms with van der Waals surface area (Å²) in [5.74, 6) is -0.00125. The quantitative estimate of drug-likeness (QED) is 0.716. The number of carbonyl (C=O) groups is 1. The van der Waals surface area contributed by atoms with Gasteiger partial charge in [-0.05, 0) is 47.5 Å². The fraction of sp³-hybridized carbons (Fsp3) is 0.267. The summed E-state index contributed by atoms with van der Waals surface area (Å²) in [4.78, 5) is 19.1. The predicted molar refractivity (Wildman–Crippen MR) is 78.0 cm³/mol.